The molecule has 0 fully saturated rings. The van der Waals surface area contributed by atoms with Crippen LogP contribution in [0.25, 0.3) is 0 Å². The Labute approximate surface area is 106 Å². The van der Waals surface area contributed by atoms with Gasteiger partial charge in [0.2, 0.25) is 0 Å². The summed E-state index contributed by atoms with van der Waals surface area (Å²) < 4.78 is 9.80. The van der Waals surface area contributed by atoms with Gasteiger partial charge in [-0.25, -0.2) is 9.59 Å². The second-order valence-electron chi connectivity index (χ2n) is 3.59. The van der Waals surface area contributed by atoms with E-state index in [1.165, 1.54) is 19.9 Å². The van der Waals surface area contributed by atoms with Crippen molar-refractivity contribution in [3.8, 4) is 6.07 Å². The summed E-state index contributed by atoms with van der Waals surface area (Å²) >= 11 is 0. The Kier molecular flexibility index (Phi) is 6.82. The molecule has 0 radical (unpaired) electrons. The molecule has 0 aromatic carbocycles. The van der Waals surface area contributed by atoms with Crippen molar-refractivity contribution in [1.82, 2.24) is 0 Å². The van der Waals surface area contributed by atoms with E-state index in [2.05, 4.69) is 13.2 Å². The lowest BCUT2D eigenvalue weighted by atomic mass is 10.3. The average molecular weight is 249 g/mol. The van der Waals surface area contributed by atoms with Crippen LogP contribution in [0, 0.1) is 11.3 Å². The Morgan fingerprint density at radius 1 is 1.28 bits per heavy atom. The topological polar surface area (TPSA) is 76.4 Å². The van der Waals surface area contributed by atoms with Crippen molar-refractivity contribution < 1.29 is 19.1 Å². The zero-order chi connectivity index (χ0) is 14.1. The van der Waals surface area contributed by atoms with E-state index in [0.29, 0.717) is 0 Å². The molecular weight excluding hydrogens is 234 g/mol. The zero-order valence-electron chi connectivity index (χ0n) is 10.4. The molecule has 0 aliphatic heterocycles. The van der Waals surface area contributed by atoms with Gasteiger partial charge < -0.3 is 9.47 Å². The predicted molar refractivity (Wildman–Crippen MR) is 65.2 cm³/mol. The summed E-state index contributed by atoms with van der Waals surface area (Å²) in [4.78, 5) is 22.5. The van der Waals surface area contributed by atoms with E-state index in [9.17, 15) is 9.59 Å². The highest BCUT2D eigenvalue weighted by molar-refractivity contribution is 5.87. The van der Waals surface area contributed by atoms with E-state index in [1.54, 1.807) is 6.07 Å². The van der Waals surface area contributed by atoms with Gasteiger partial charge in [0.15, 0.2) is 6.10 Å². The van der Waals surface area contributed by atoms with Crippen LogP contribution in [-0.4, -0.2) is 24.6 Å². The lowest BCUT2D eigenvalue weighted by Crippen LogP contribution is -2.24. The van der Waals surface area contributed by atoms with E-state index in [1.807, 2.05) is 0 Å². The number of esters is 2. The van der Waals surface area contributed by atoms with E-state index in [0.717, 1.165) is 6.08 Å². The molecule has 0 aliphatic carbocycles. The first-order valence-electron chi connectivity index (χ1n) is 5.14. The minimum absolute atomic E-state index is 0.178. The van der Waals surface area contributed by atoms with Crippen molar-refractivity contribution in [3.63, 3.8) is 0 Å². The third-order valence-electron chi connectivity index (χ3n) is 1.72. The van der Waals surface area contributed by atoms with Gasteiger partial charge >= 0.3 is 11.9 Å². The quantitative estimate of drug-likeness (QED) is 0.406. The van der Waals surface area contributed by atoms with Crippen molar-refractivity contribution in [2.75, 3.05) is 6.61 Å². The van der Waals surface area contributed by atoms with Crippen LogP contribution in [0.5, 0.6) is 0 Å². The molecule has 0 saturated heterocycles. The number of ether oxygens (including phenoxy) is 2. The smallest absolute Gasteiger partial charge is 0.333 e. The molecule has 5 heteroatoms. The van der Waals surface area contributed by atoms with Gasteiger partial charge in [0.05, 0.1) is 6.07 Å². The minimum Gasteiger partial charge on any atom is -0.458 e. The molecule has 1 atom stereocenters. The molecule has 0 aromatic heterocycles. The first-order chi connectivity index (χ1) is 8.38. The molecule has 1 unspecified atom stereocenters. The molecule has 5 nitrogen and oxygen atoms in total. The van der Waals surface area contributed by atoms with Gasteiger partial charge in [-0.1, -0.05) is 13.2 Å². The van der Waals surface area contributed by atoms with E-state index in [4.69, 9.17) is 14.7 Å². The maximum atomic E-state index is 11.3. The lowest BCUT2D eigenvalue weighted by Gasteiger charge is -2.14. The molecule has 0 spiro atoms. The fraction of sp³-hybridized carbons (Fsp3) is 0.308. The van der Waals surface area contributed by atoms with Gasteiger partial charge in [0, 0.05) is 17.2 Å². The number of rotatable bonds is 6. The number of allylic oxidation sites excluding steroid dienone is 1. The Hall–Kier alpha value is -2.35. The maximum Gasteiger partial charge on any atom is 0.333 e. The minimum atomic E-state index is -0.822. The lowest BCUT2D eigenvalue weighted by molar-refractivity contribution is -0.151. The highest BCUT2D eigenvalue weighted by Gasteiger charge is 2.14. The molecule has 0 rings (SSSR count). The third kappa shape index (κ3) is 6.28. The number of hydrogen-bond acceptors (Lipinski definition) is 5. The van der Waals surface area contributed by atoms with E-state index in [-0.39, 0.29) is 17.8 Å². The largest absolute Gasteiger partial charge is 0.458 e. The Morgan fingerprint density at radius 2 is 1.83 bits per heavy atom. The first kappa shape index (κ1) is 15.7. The molecule has 0 heterocycles. The number of nitriles is 1. The predicted octanol–water partition coefficient (Wildman–Crippen LogP) is 1.67. The summed E-state index contributed by atoms with van der Waals surface area (Å²) in [5.41, 5.74) is 0.459. The Bertz CT molecular complexity index is 429. The fourth-order valence-corrected chi connectivity index (χ4v) is 0.798. The molecule has 0 saturated carbocycles. The first-order valence-corrected chi connectivity index (χ1v) is 5.14. The third-order valence-corrected chi connectivity index (χ3v) is 1.72. The zero-order valence-corrected chi connectivity index (χ0v) is 10.4. The molecule has 0 aliphatic rings. The highest BCUT2D eigenvalue weighted by Crippen LogP contribution is 2.03. The summed E-state index contributed by atoms with van der Waals surface area (Å²) in [6.07, 6.45) is 1.65. The van der Waals surface area contributed by atoms with Gasteiger partial charge in [-0.2, -0.15) is 5.26 Å². The van der Waals surface area contributed by atoms with Crippen LogP contribution in [0.15, 0.2) is 36.5 Å². The second-order valence-corrected chi connectivity index (χ2v) is 3.59. The molecule has 0 bridgehead atoms. The summed E-state index contributed by atoms with van der Waals surface area (Å²) in [6, 6.07) is 1.76. The van der Waals surface area contributed by atoms with Crippen LogP contribution in [-0.2, 0) is 19.1 Å². The van der Waals surface area contributed by atoms with Crippen LogP contribution in [0.3, 0.4) is 0 Å². The second kappa shape index (κ2) is 7.85. The van der Waals surface area contributed by atoms with Crippen LogP contribution < -0.4 is 0 Å². The molecular formula is C13H15NO4. The van der Waals surface area contributed by atoms with E-state index >= 15 is 0 Å². The van der Waals surface area contributed by atoms with Gasteiger partial charge in [-0.15, -0.1) is 0 Å². The van der Waals surface area contributed by atoms with Crippen molar-refractivity contribution in [3.05, 3.63) is 36.5 Å². The molecule has 0 amide bonds. The SMILES string of the molecule is C=C(C)C(=O)OCC(C=CC#N)OC(=O)C(=C)C. The number of nitrogens with zero attached hydrogens (tertiary/aromatic N) is 1. The van der Waals surface area contributed by atoms with Crippen LogP contribution in [0.4, 0.5) is 0 Å². The van der Waals surface area contributed by atoms with Crippen molar-refractivity contribution in [2.24, 2.45) is 0 Å². The number of carbonyl (C=O) groups excluding carboxylic acids is 2. The Balaban J connectivity index is 4.51. The van der Waals surface area contributed by atoms with Crippen LogP contribution in [0.1, 0.15) is 13.8 Å². The van der Waals surface area contributed by atoms with Crippen molar-refractivity contribution in [2.45, 2.75) is 20.0 Å². The molecule has 96 valence electrons. The number of carbonyl (C=O) groups is 2. The number of hydrogen-bond donors (Lipinski definition) is 0. The van der Waals surface area contributed by atoms with Gasteiger partial charge in [0.1, 0.15) is 6.61 Å². The summed E-state index contributed by atoms with van der Waals surface area (Å²) in [6.45, 7) is 9.66. The molecule has 0 N–H and O–H groups in total. The van der Waals surface area contributed by atoms with Gasteiger partial charge in [-0.3, -0.25) is 0 Å². The standard InChI is InChI=1S/C13H15NO4/c1-9(2)12(15)17-8-11(6-5-7-14)18-13(16)10(3)4/h5-6,11H,1,3,8H2,2,4H3. The monoisotopic (exact) mass is 249 g/mol. The van der Waals surface area contributed by atoms with Gasteiger partial charge in [-0.05, 0) is 19.9 Å². The Morgan fingerprint density at radius 3 is 2.28 bits per heavy atom. The molecule has 18 heavy (non-hydrogen) atoms. The highest BCUT2D eigenvalue weighted by atomic mass is 16.6. The van der Waals surface area contributed by atoms with Crippen LogP contribution in [0.2, 0.25) is 0 Å². The van der Waals surface area contributed by atoms with Crippen molar-refractivity contribution >= 4 is 11.9 Å². The van der Waals surface area contributed by atoms with E-state index < -0.39 is 18.0 Å². The summed E-state index contributed by atoms with van der Waals surface area (Å²) in [5, 5.41) is 8.41. The summed E-state index contributed by atoms with van der Waals surface area (Å²) in [5.74, 6) is -1.20. The van der Waals surface area contributed by atoms with Gasteiger partial charge in [0.25, 0.3) is 0 Å². The fourth-order valence-electron chi connectivity index (χ4n) is 0.798. The molecule has 0 aromatic rings. The van der Waals surface area contributed by atoms with Crippen LogP contribution >= 0.6 is 0 Å². The summed E-state index contributed by atoms with van der Waals surface area (Å²) in [7, 11) is 0. The normalized spacial score (nSPS) is 11.4. The van der Waals surface area contributed by atoms with Crippen molar-refractivity contribution in [1.29, 1.82) is 5.26 Å². The average Bonchev–Trinajstić information content (AvgIpc) is 2.31. The maximum absolute atomic E-state index is 11.3.